The number of methoxy groups -OCH3 is 1. The minimum Gasteiger partial charge on any atom is -0.497 e. The molecular formula is C22H27NO4. The highest BCUT2D eigenvalue weighted by molar-refractivity contribution is 5.91. The molecule has 0 unspecified atom stereocenters. The molecule has 0 fully saturated rings. The fraction of sp³-hybridized carbons (Fsp3) is 0.318. The third-order valence-corrected chi connectivity index (χ3v) is 3.86. The van der Waals surface area contributed by atoms with E-state index in [1.165, 1.54) is 6.08 Å². The Balaban J connectivity index is 1.84. The smallest absolute Gasteiger partial charge is 0.244 e. The summed E-state index contributed by atoms with van der Waals surface area (Å²) >= 11 is 0. The van der Waals surface area contributed by atoms with E-state index >= 15 is 0 Å². The number of amides is 1. The molecule has 1 amide bonds. The number of carbonyl (C=O) groups is 1. The molecule has 2 aromatic carbocycles. The van der Waals surface area contributed by atoms with Gasteiger partial charge in [0.1, 0.15) is 5.75 Å². The molecule has 0 spiro atoms. The Hall–Kier alpha value is -2.95. The zero-order valence-corrected chi connectivity index (χ0v) is 16.2. The van der Waals surface area contributed by atoms with Crippen LogP contribution in [0.3, 0.4) is 0 Å². The van der Waals surface area contributed by atoms with Crippen LogP contribution in [0.5, 0.6) is 17.2 Å². The van der Waals surface area contributed by atoms with Gasteiger partial charge in [-0.25, -0.2) is 0 Å². The minimum atomic E-state index is -0.123. The molecule has 0 saturated carbocycles. The van der Waals surface area contributed by atoms with Gasteiger partial charge in [0.15, 0.2) is 11.5 Å². The van der Waals surface area contributed by atoms with E-state index in [1.54, 1.807) is 13.2 Å². The third kappa shape index (κ3) is 6.70. The second-order valence-corrected chi connectivity index (χ2v) is 5.79. The van der Waals surface area contributed by atoms with Crippen LogP contribution in [0, 0.1) is 0 Å². The van der Waals surface area contributed by atoms with Crippen LogP contribution in [0.2, 0.25) is 0 Å². The maximum atomic E-state index is 12.0. The summed E-state index contributed by atoms with van der Waals surface area (Å²) in [5, 5.41) is 2.89. The van der Waals surface area contributed by atoms with Gasteiger partial charge in [0.05, 0.1) is 20.3 Å². The number of ether oxygens (including phenoxy) is 3. The lowest BCUT2D eigenvalue weighted by molar-refractivity contribution is -0.116. The molecule has 0 radical (unpaired) electrons. The standard InChI is InChI=1S/C22H27NO4/c1-4-26-20-12-8-18(16-21(20)27-5-2)14-15-23-22(24)13-9-17-6-10-19(25-3)11-7-17/h6-13,16H,4-5,14-15H2,1-3H3,(H,23,24). The number of nitrogens with one attached hydrogen (secondary N) is 1. The van der Waals surface area contributed by atoms with Gasteiger partial charge in [-0.3, -0.25) is 4.79 Å². The van der Waals surface area contributed by atoms with Crippen molar-refractivity contribution in [2.75, 3.05) is 26.9 Å². The van der Waals surface area contributed by atoms with Crippen LogP contribution in [0.25, 0.3) is 6.08 Å². The summed E-state index contributed by atoms with van der Waals surface area (Å²) < 4.78 is 16.3. The van der Waals surface area contributed by atoms with Crippen LogP contribution < -0.4 is 19.5 Å². The first-order chi connectivity index (χ1) is 13.2. The first-order valence-corrected chi connectivity index (χ1v) is 9.14. The minimum absolute atomic E-state index is 0.123. The van der Waals surface area contributed by atoms with E-state index in [2.05, 4.69) is 5.32 Å². The van der Waals surface area contributed by atoms with Crippen LogP contribution in [-0.2, 0) is 11.2 Å². The van der Waals surface area contributed by atoms with E-state index in [1.807, 2.05) is 56.3 Å². The second kappa shape index (κ2) is 10.9. The van der Waals surface area contributed by atoms with E-state index < -0.39 is 0 Å². The molecule has 1 N–H and O–H groups in total. The van der Waals surface area contributed by atoms with Crippen molar-refractivity contribution >= 4 is 12.0 Å². The van der Waals surface area contributed by atoms with Gasteiger partial charge < -0.3 is 19.5 Å². The van der Waals surface area contributed by atoms with Crippen molar-refractivity contribution in [1.29, 1.82) is 0 Å². The van der Waals surface area contributed by atoms with Gasteiger partial charge in [-0.1, -0.05) is 18.2 Å². The first kappa shape index (κ1) is 20.4. The molecule has 5 heteroatoms. The van der Waals surface area contributed by atoms with Gasteiger partial charge in [-0.15, -0.1) is 0 Å². The average molecular weight is 369 g/mol. The Morgan fingerprint density at radius 1 is 1.00 bits per heavy atom. The van der Waals surface area contributed by atoms with Crippen molar-refractivity contribution in [1.82, 2.24) is 5.32 Å². The maximum Gasteiger partial charge on any atom is 0.244 e. The molecule has 0 aliphatic heterocycles. The summed E-state index contributed by atoms with van der Waals surface area (Å²) in [5.41, 5.74) is 2.03. The van der Waals surface area contributed by atoms with Crippen LogP contribution in [0.15, 0.2) is 48.5 Å². The van der Waals surface area contributed by atoms with E-state index in [4.69, 9.17) is 14.2 Å². The van der Waals surface area contributed by atoms with Gasteiger partial charge in [0.25, 0.3) is 0 Å². The van der Waals surface area contributed by atoms with Gasteiger partial charge in [-0.05, 0) is 61.7 Å². The summed E-state index contributed by atoms with van der Waals surface area (Å²) in [5.74, 6) is 2.15. The van der Waals surface area contributed by atoms with Crippen molar-refractivity contribution in [2.24, 2.45) is 0 Å². The SMILES string of the molecule is CCOc1ccc(CCNC(=O)C=Cc2ccc(OC)cc2)cc1OCC. The molecule has 0 bridgehead atoms. The highest BCUT2D eigenvalue weighted by atomic mass is 16.5. The third-order valence-electron chi connectivity index (χ3n) is 3.86. The molecule has 0 atom stereocenters. The Labute approximate surface area is 161 Å². The molecular weight excluding hydrogens is 342 g/mol. The van der Waals surface area contributed by atoms with Crippen LogP contribution in [0.1, 0.15) is 25.0 Å². The number of rotatable bonds is 10. The highest BCUT2D eigenvalue weighted by Gasteiger charge is 2.06. The van der Waals surface area contributed by atoms with Crippen molar-refractivity contribution < 1.29 is 19.0 Å². The van der Waals surface area contributed by atoms with E-state index in [0.29, 0.717) is 26.2 Å². The second-order valence-electron chi connectivity index (χ2n) is 5.79. The van der Waals surface area contributed by atoms with Gasteiger partial charge >= 0.3 is 0 Å². The molecule has 5 nitrogen and oxygen atoms in total. The Kier molecular flexibility index (Phi) is 8.23. The predicted molar refractivity (Wildman–Crippen MR) is 108 cm³/mol. The summed E-state index contributed by atoms with van der Waals surface area (Å²) in [6.45, 7) is 5.61. The lowest BCUT2D eigenvalue weighted by Gasteiger charge is -2.12. The molecule has 0 aromatic heterocycles. The summed E-state index contributed by atoms with van der Waals surface area (Å²) in [6, 6.07) is 13.4. The number of hydrogen-bond acceptors (Lipinski definition) is 4. The van der Waals surface area contributed by atoms with E-state index in [-0.39, 0.29) is 5.91 Å². The van der Waals surface area contributed by atoms with Crippen molar-refractivity contribution in [3.63, 3.8) is 0 Å². The molecule has 2 rings (SSSR count). The topological polar surface area (TPSA) is 56.8 Å². The zero-order chi connectivity index (χ0) is 19.5. The Morgan fingerprint density at radius 2 is 1.70 bits per heavy atom. The maximum absolute atomic E-state index is 12.0. The van der Waals surface area contributed by atoms with Crippen molar-refractivity contribution in [3.8, 4) is 17.2 Å². The monoisotopic (exact) mass is 369 g/mol. The summed E-state index contributed by atoms with van der Waals surface area (Å²) in [7, 11) is 1.62. The lowest BCUT2D eigenvalue weighted by Crippen LogP contribution is -2.23. The van der Waals surface area contributed by atoms with E-state index in [9.17, 15) is 4.79 Å². The highest BCUT2D eigenvalue weighted by Crippen LogP contribution is 2.28. The fourth-order valence-corrected chi connectivity index (χ4v) is 2.53. The number of benzene rings is 2. The summed E-state index contributed by atoms with van der Waals surface area (Å²) in [6.07, 6.45) is 4.03. The fourth-order valence-electron chi connectivity index (χ4n) is 2.53. The summed E-state index contributed by atoms with van der Waals surface area (Å²) in [4.78, 5) is 12.0. The van der Waals surface area contributed by atoms with E-state index in [0.717, 1.165) is 28.4 Å². The van der Waals surface area contributed by atoms with Crippen molar-refractivity contribution in [3.05, 3.63) is 59.7 Å². The largest absolute Gasteiger partial charge is 0.497 e. The van der Waals surface area contributed by atoms with Gasteiger partial charge in [0, 0.05) is 12.6 Å². The first-order valence-electron chi connectivity index (χ1n) is 9.14. The van der Waals surface area contributed by atoms with Gasteiger partial charge in [0.2, 0.25) is 5.91 Å². The molecule has 0 heterocycles. The Morgan fingerprint density at radius 3 is 2.37 bits per heavy atom. The normalized spacial score (nSPS) is 10.6. The quantitative estimate of drug-likeness (QED) is 0.646. The zero-order valence-electron chi connectivity index (χ0n) is 16.2. The molecule has 0 saturated heterocycles. The average Bonchev–Trinajstić information content (AvgIpc) is 2.69. The van der Waals surface area contributed by atoms with Crippen LogP contribution >= 0.6 is 0 Å². The molecule has 144 valence electrons. The molecule has 2 aromatic rings. The molecule has 0 aliphatic rings. The molecule has 0 aliphatic carbocycles. The number of hydrogen-bond donors (Lipinski definition) is 1. The Bertz CT molecular complexity index is 753. The lowest BCUT2D eigenvalue weighted by atomic mass is 10.1. The van der Waals surface area contributed by atoms with Gasteiger partial charge in [-0.2, -0.15) is 0 Å². The predicted octanol–water partition coefficient (Wildman–Crippen LogP) is 3.86. The molecule has 27 heavy (non-hydrogen) atoms. The van der Waals surface area contributed by atoms with Crippen LogP contribution in [-0.4, -0.2) is 32.8 Å². The van der Waals surface area contributed by atoms with Crippen molar-refractivity contribution in [2.45, 2.75) is 20.3 Å². The number of carbonyl (C=O) groups excluding carboxylic acids is 1. The van der Waals surface area contributed by atoms with Crippen LogP contribution in [0.4, 0.5) is 0 Å².